The van der Waals surface area contributed by atoms with E-state index in [1.54, 1.807) is 30.0 Å². The predicted molar refractivity (Wildman–Crippen MR) is 72.2 cm³/mol. The van der Waals surface area contributed by atoms with Gasteiger partial charge >= 0.3 is 5.97 Å². The average molecular weight is 273 g/mol. The molecule has 1 aromatic rings. The number of aliphatic imine (C=N–C) groups is 1. The van der Waals surface area contributed by atoms with Crippen molar-refractivity contribution < 1.29 is 9.90 Å². The maximum Gasteiger partial charge on any atom is 0.335 e. The van der Waals surface area contributed by atoms with Crippen molar-refractivity contribution in [2.45, 2.75) is 12.5 Å². The highest BCUT2D eigenvalue weighted by Gasteiger charge is 2.16. The van der Waals surface area contributed by atoms with E-state index in [2.05, 4.69) is 4.99 Å². The van der Waals surface area contributed by atoms with Crippen molar-refractivity contribution in [2.24, 2.45) is 10.7 Å². The topological polar surface area (TPSA) is 75.7 Å². The van der Waals surface area contributed by atoms with E-state index in [4.69, 9.17) is 10.8 Å². The standard InChI is InChI=1S/C11H12N2O2S.ClH/c12-11-13-9(6-16-11)5-7-2-1-3-8(4-7)10(14)15;/h1-4,9H,5-6H2,(H2,12,13)(H,14,15);1H/t9-;/m1./s1. The van der Waals surface area contributed by atoms with Gasteiger partial charge in [0, 0.05) is 5.75 Å². The summed E-state index contributed by atoms with van der Waals surface area (Å²) in [6.07, 6.45) is 0.745. The lowest BCUT2D eigenvalue weighted by atomic mass is 10.0. The van der Waals surface area contributed by atoms with Crippen molar-refractivity contribution in [2.75, 3.05) is 5.75 Å². The van der Waals surface area contributed by atoms with Crippen LogP contribution in [-0.2, 0) is 6.42 Å². The lowest BCUT2D eigenvalue weighted by molar-refractivity contribution is 0.0696. The highest BCUT2D eigenvalue weighted by Crippen LogP contribution is 2.19. The second-order valence-electron chi connectivity index (χ2n) is 3.64. The minimum Gasteiger partial charge on any atom is -0.478 e. The van der Waals surface area contributed by atoms with Gasteiger partial charge in [0.15, 0.2) is 5.17 Å². The second kappa shape index (κ2) is 5.93. The number of rotatable bonds is 3. The summed E-state index contributed by atoms with van der Waals surface area (Å²) in [5, 5.41) is 9.48. The highest BCUT2D eigenvalue weighted by molar-refractivity contribution is 8.14. The number of carboxylic acids is 1. The third kappa shape index (κ3) is 3.64. The first-order valence-electron chi connectivity index (χ1n) is 4.93. The monoisotopic (exact) mass is 272 g/mol. The number of hydrogen-bond acceptors (Lipinski definition) is 4. The molecule has 0 saturated heterocycles. The Hall–Kier alpha value is -1.20. The number of carbonyl (C=O) groups is 1. The highest BCUT2D eigenvalue weighted by atomic mass is 35.5. The summed E-state index contributed by atoms with van der Waals surface area (Å²) in [5.74, 6) is -0.0194. The molecule has 6 heteroatoms. The molecule has 3 N–H and O–H groups in total. The van der Waals surface area contributed by atoms with Gasteiger partial charge in [0.25, 0.3) is 0 Å². The van der Waals surface area contributed by atoms with Crippen LogP contribution in [-0.4, -0.2) is 28.0 Å². The Morgan fingerprint density at radius 3 is 2.94 bits per heavy atom. The summed E-state index contributed by atoms with van der Waals surface area (Å²) in [6, 6.07) is 7.13. The largest absolute Gasteiger partial charge is 0.478 e. The van der Waals surface area contributed by atoms with Crippen LogP contribution in [0.15, 0.2) is 29.3 Å². The molecule has 92 valence electrons. The third-order valence-corrected chi connectivity index (χ3v) is 3.33. The minimum absolute atomic E-state index is 0. The summed E-state index contributed by atoms with van der Waals surface area (Å²) in [5.41, 5.74) is 6.89. The van der Waals surface area contributed by atoms with Crippen LogP contribution >= 0.6 is 24.2 Å². The van der Waals surface area contributed by atoms with E-state index < -0.39 is 5.97 Å². The van der Waals surface area contributed by atoms with Crippen LogP contribution in [0.3, 0.4) is 0 Å². The van der Waals surface area contributed by atoms with Crippen LogP contribution in [0.2, 0.25) is 0 Å². The number of hydrogen-bond donors (Lipinski definition) is 2. The van der Waals surface area contributed by atoms with E-state index in [1.165, 1.54) is 0 Å². The number of thioether (sulfide) groups is 1. The van der Waals surface area contributed by atoms with Crippen LogP contribution in [0.4, 0.5) is 0 Å². The average Bonchev–Trinajstić information content (AvgIpc) is 2.64. The summed E-state index contributed by atoms with van der Waals surface area (Å²) in [7, 11) is 0. The molecule has 1 heterocycles. The van der Waals surface area contributed by atoms with E-state index in [-0.39, 0.29) is 18.4 Å². The molecule has 0 aliphatic carbocycles. The molecule has 2 rings (SSSR count). The first kappa shape index (κ1) is 13.9. The number of amidine groups is 1. The fourth-order valence-electron chi connectivity index (χ4n) is 1.64. The van der Waals surface area contributed by atoms with Crippen LogP contribution in [0, 0.1) is 0 Å². The predicted octanol–water partition coefficient (Wildman–Crippen LogP) is 1.78. The molecule has 0 bridgehead atoms. The van der Waals surface area contributed by atoms with Gasteiger partial charge in [0.05, 0.1) is 11.6 Å². The number of nitrogens with two attached hydrogens (primary N) is 1. The van der Waals surface area contributed by atoms with Gasteiger partial charge in [-0.2, -0.15) is 0 Å². The smallest absolute Gasteiger partial charge is 0.335 e. The maximum atomic E-state index is 10.8. The third-order valence-electron chi connectivity index (χ3n) is 2.38. The van der Waals surface area contributed by atoms with Gasteiger partial charge in [-0.25, -0.2) is 4.79 Å². The Morgan fingerprint density at radius 2 is 2.35 bits per heavy atom. The SMILES string of the molecule is Cl.NC1=N[C@H](Cc2cccc(C(=O)O)c2)CS1. The van der Waals surface area contributed by atoms with Crippen molar-refractivity contribution in [1.82, 2.24) is 0 Å². The normalized spacial score (nSPS) is 18.4. The first-order chi connectivity index (χ1) is 7.65. The fraction of sp³-hybridized carbons (Fsp3) is 0.273. The zero-order chi connectivity index (χ0) is 11.5. The zero-order valence-corrected chi connectivity index (χ0v) is 10.6. The molecule has 17 heavy (non-hydrogen) atoms. The number of halogens is 1. The van der Waals surface area contributed by atoms with Crippen LogP contribution in [0.25, 0.3) is 0 Å². The summed E-state index contributed by atoms with van der Waals surface area (Å²) < 4.78 is 0. The van der Waals surface area contributed by atoms with Crippen molar-refractivity contribution in [1.29, 1.82) is 0 Å². The summed E-state index contributed by atoms with van der Waals surface area (Å²) in [4.78, 5) is 15.1. The molecule has 0 spiro atoms. The number of benzene rings is 1. The Balaban J connectivity index is 0.00000144. The molecule has 0 radical (unpaired) electrons. The lowest BCUT2D eigenvalue weighted by Crippen LogP contribution is -2.09. The van der Waals surface area contributed by atoms with Crippen molar-refractivity contribution in [3.63, 3.8) is 0 Å². The van der Waals surface area contributed by atoms with Gasteiger partial charge in [-0.3, -0.25) is 4.99 Å². The van der Waals surface area contributed by atoms with E-state index in [0.29, 0.717) is 10.7 Å². The minimum atomic E-state index is -0.898. The molecular weight excluding hydrogens is 260 g/mol. The van der Waals surface area contributed by atoms with Gasteiger partial charge in [0.2, 0.25) is 0 Å². The molecule has 1 aliphatic rings. The number of nitrogens with zero attached hydrogens (tertiary/aromatic N) is 1. The van der Waals surface area contributed by atoms with Crippen LogP contribution in [0.5, 0.6) is 0 Å². The van der Waals surface area contributed by atoms with Crippen LogP contribution < -0.4 is 5.73 Å². The number of carboxylic acid groups (broad SMARTS) is 1. The van der Waals surface area contributed by atoms with Gasteiger partial charge < -0.3 is 10.8 Å². The quantitative estimate of drug-likeness (QED) is 0.879. The van der Waals surface area contributed by atoms with Crippen molar-refractivity contribution in [3.05, 3.63) is 35.4 Å². The van der Waals surface area contributed by atoms with E-state index >= 15 is 0 Å². The lowest BCUT2D eigenvalue weighted by Gasteiger charge is -2.06. The van der Waals surface area contributed by atoms with E-state index in [0.717, 1.165) is 17.7 Å². The molecule has 0 fully saturated rings. The molecular formula is C11H13ClN2O2S. The van der Waals surface area contributed by atoms with Crippen LogP contribution in [0.1, 0.15) is 15.9 Å². The Bertz CT molecular complexity index is 451. The Kier molecular flexibility index (Phi) is 4.84. The summed E-state index contributed by atoms with van der Waals surface area (Å²) >= 11 is 1.55. The molecule has 1 atom stereocenters. The van der Waals surface area contributed by atoms with Gasteiger partial charge in [-0.15, -0.1) is 12.4 Å². The van der Waals surface area contributed by atoms with Gasteiger partial charge in [-0.1, -0.05) is 23.9 Å². The Morgan fingerprint density at radius 1 is 1.59 bits per heavy atom. The van der Waals surface area contributed by atoms with E-state index in [9.17, 15) is 4.79 Å². The number of aromatic carboxylic acids is 1. The van der Waals surface area contributed by atoms with E-state index in [1.807, 2.05) is 6.07 Å². The molecule has 1 aromatic carbocycles. The molecule has 1 aliphatic heterocycles. The first-order valence-corrected chi connectivity index (χ1v) is 5.92. The molecule has 0 unspecified atom stereocenters. The zero-order valence-electron chi connectivity index (χ0n) is 9.00. The fourth-order valence-corrected chi connectivity index (χ4v) is 2.42. The molecule has 0 amide bonds. The molecule has 4 nitrogen and oxygen atoms in total. The molecule has 0 aromatic heterocycles. The molecule has 0 saturated carbocycles. The van der Waals surface area contributed by atoms with Gasteiger partial charge in [-0.05, 0) is 24.1 Å². The maximum absolute atomic E-state index is 10.8. The summed E-state index contributed by atoms with van der Waals surface area (Å²) in [6.45, 7) is 0. The Labute approximate surface area is 110 Å². The van der Waals surface area contributed by atoms with Crippen molar-refractivity contribution in [3.8, 4) is 0 Å². The van der Waals surface area contributed by atoms with Gasteiger partial charge in [0.1, 0.15) is 0 Å². The second-order valence-corrected chi connectivity index (χ2v) is 4.68. The van der Waals surface area contributed by atoms with Crippen molar-refractivity contribution >= 4 is 35.3 Å².